The molecule has 1 unspecified atom stereocenters. The van der Waals surface area contributed by atoms with Gasteiger partial charge in [0.2, 0.25) is 0 Å². The van der Waals surface area contributed by atoms with Crippen molar-refractivity contribution >= 4 is 17.4 Å². The van der Waals surface area contributed by atoms with Crippen LogP contribution in [0, 0.1) is 0 Å². The van der Waals surface area contributed by atoms with Gasteiger partial charge in [0.1, 0.15) is 0 Å². The van der Waals surface area contributed by atoms with Gasteiger partial charge in [0.25, 0.3) is 0 Å². The van der Waals surface area contributed by atoms with Crippen LogP contribution in [-0.2, 0) is 6.42 Å². The maximum atomic E-state index is 11.6. The van der Waals surface area contributed by atoms with Crippen molar-refractivity contribution in [1.82, 2.24) is 0 Å². The zero-order valence-electron chi connectivity index (χ0n) is 7.09. The number of carbonyl (C=O) groups excluding carboxylic acids is 1. The second-order valence-corrected chi connectivity index (χ2v) is 3.68. The fourth-order valence-corrected chi connectivity index (χ4v) is 1.94. The van der Waals surface area contributed by atoms with Gasteiger partial charge in [-0.1, -0.05) is 23.7 Å². The first-order valence-electron chi connectivity index (χ1n) is 4.27. The Labute approximate surface area is 81.7 Å². The SMILES string of the molecule is NC1CCc2c(Cl)cccc2C1=O. The molecule has 0 aliphatic heterocycles. The van der Waals surface area contributed by atoms with Gasteiger partial charge < -0.3 is 5.73 Å². The zero-order chi connectivity index (χ0) is 9.42. The van der Waals surface area contributed by atoms with E-state index in [9.17, 15) is 4.79 Å². The van der Waals surface area contributed by atoms with E-state index < -0.39 is 0 Å². The second kappa shape index (κ2) is 3.13. The van der Waals surface area contributed by atoms with E-state index in [-0.39, 0.29) is 11.8 Å². The molecule has 2 N–H and O–H groups in total. The Hall–Kier alpha value is -0.860. The third-order valence-electron chi connectivity index (χ3n) is 2.43. The number of halogens is 1. The molecule has 13 heavy (non-hydrogen) atoms. The Balaban J connectivity index is 2.55. The summed E-state index contributed by atoms with van der Waals surface area (Å²) in [5.74, 6) is 0.0174. The van der Waals surface area contributed by atoms with Gasteiger partial charge in [0.05, 0.1) is 6.04 Å². The summed E-state index contributed by atoms with van der Waals surface area (Å²) < 4.78 is 0. The van der Waals surface area contributed by atoms with Crippen LogP contribution in [0.1, 0.15) is 22.3 Å². The van der Waals surface area contributed by atoms with Gasteiger partial charge in [-0.15, -0.1) is 0 Å². The lowest BCUT2D eigenvalue weighted by atomic mass is 9.88. The first-order valence-corrected chi connectivity index (χ1v) is 4.65. The highest BCUT2D eigenvalue weighted by Crippen LogP contribution is 2.26. The minimum atomic E-state index is -0.342. The first-order chi connectivity index (χ1) is 6.20. The molecule has 2 nitrogen and oxygen atoms in total. The standard InChI is InChI=1S/C10H10ClNO/c11-8-3-1-2-7-6(8)4-5-9(12)10(7)13/h1-3,9H,4-5,12H2. The van der Waals surface area contributed by atoms with Crippen molar-refractivity contribution in [1.29, 1.82) is 0 Å². The minimum Gasteiger partial charge on any atom is -0.321 e. The molecule has 1 aromatic carbocycles. The van der Waals surface area contributed by atoms with E-state index in [2.05, 4.69) is 0 Å². The number of rotatable bonds is 0. The van der Waals surface area contributed by atoms with Crippen LogP contribution in [-0.4, -0.2) is 11.8 Å². The lowest BCUT2D eigenvalue weighted by molar-refractivity contribution is 0.0948. The van der Waals surface area contributed by atoms with Crippen LogP contribution in [0.25, 0.3) is 0 Å². The van der Waals surface area contributed by atoms with Gasteiger partial charge in [-0.05, 0) is 24.5 Å². The van der Waals surface area contributed by atoms with Crippen LogP contribution < -0.4 is 5.73 Å². The molecule has 1 aromatic rings. The minimum absolute atomic E-state index is 0.0174. The highest BCUT2D eigenvalue weighted by atomic mass is 35.5. The summed E-state index contributed by atoms with van der Waals surface area (Å²) in [5.41, 5.74) is 7.31. The van der Waals surface area contributed by atoms with E-state index in [1.165, 1.54) is 0 Å². The molecular weight excluding hydrogens is 186 g/mol. The molecule has 1 aliphatic carbocycles. The molecule has 0 aromatic heterocycles. The number of hydrogen-bond acceptors (Lipinski definition) is 2. The molecule has 0 saturated carbocycles. The third-order valence-corrected chi connectivity index (χ3v) is 2.78. The summed E-state index contributed by atoms with van der Waals surface area (Å²) in [5, 5.41) is 0.678. The van der Waals surface area contributed by atoms with Crippen molar-refractivity contribution in [3.05, 3.63) is 34.3 Å². The largest absolute Gasteiger partial charge is 0.321 e. The number of fused-ring (bicyclic) bond motifs is 1. The summed E-state index contributed by atoms with van der Waals surface area (Å²) in [6.07, 6.45) is 1.51. The molecule has 0 amide bonds. The highest BCUT2D eigenvalue weighted by molar-refractivity contribution is 6.32. The Morgan fingerprint density at radius 2 is 2.23 bits per heavy atom. The quantitative estimate of drug-likeness (QED) is 0.686. The number of hydrogen-bond donors (Lipinski definition) is 1. The van der Waals surface area contributed by atoms with Crippen molar-refractivity contribution in [2.75, 3.05) is 0 Å². The summed E-state index contributed by atoms with van der Waals surface area (Å²) in [7, 11) is 0. The molecule has 0 heterocycles. The number of ketones is 1. The molecule has 0 spiro atoms. The van der Waals surface area contributed by atoms with Crippen LogP contribution >= 0.6 is 11.6 Å². The molecule has 3 heteroatoms. The van der Waals surface area contributed by atoms with E-state index >= 15 is 0 Å². The summed E-state index contributed by atoms with van der Waals surface area (Å²) >= 11 is 5.96. The second-order valence-electron chi connectivity index (χ2n) is 3.28. The number of Topliss-reactive ketones (excluding diaryl/α,β-unsaturated/α-hetero) is 1. The lowest BCUT2D eigenvalue weighted by Gasteiger charge is -2.20. The molecule has 2 rings (SSSR count). The monoisotopic (exact) mass is 195 g/mol. The fraction of sp³-hybridized carbons (Fsp3) is 0.300. The van der Waals surface area contributed by atoms with Gasteiger partial charge in [-0.2, -0.15) is 0 Å². The van der Waals surface area contributed by atoms with E-state index in [4.69, 9.17) is 17.3 Å². The number of benzene rings is 1. The Morgan fingerprint density at radius 3 is 3.00 bits per heavy atom. The topological polar surface area (TPSA) is 43.1 Å². The smallest absolute Gasteiger partial charge is 0.179 e. The highest BCUT2D eigenvalue weighted by Gasteiger charge is 2.25. The van der Waals surface area contributed by atoms with Crippen molar-refractivity contribution < 1.29 is 4.79 Å². The molecule has 0 radical (unpaired) electrons. The third kappa shape index (κ3) is 1.36. The molecular formula is C10H10ClNO. The molecule has 0 fully saturated rings. The maximum Gasteiger partial charge on any atom is 0.179 e. The van der Waals surface area contributed by atoms with Crippen LogP contribution in [0.3, 0.4) is 0 Å². The lowest BCUT2D eigenvalue weighted by Crippen LogP contribution is -2.35. The summed E-state index contributed by atoms with van der Waals surface area (Å²) in [6, 6.07) is 5.05. The molecule has 0 bridgehead atoms. The van der Waals surface area contributed by atoms with Crippen molar-refractivity contribution in [2.45, 2.75) is 18.9 Å². The maximum absolute atomic E-state index is 11.6. The van der Waals surface area contributed by atoms with Crippen molar-refractivity contribution in [3.8, 4) is 0 Å². The first kappa shape index (κ1) is 8.73. The van der Waals surface area contributed by atoms with Gasteiger partial charge in [0, 0.05) is 10.6 Å². The Bertz CT molecular complexity index is 362. The van der Waals surface area contributed by atoms with Crippen LogP contribution in [0.2, 0.25) is 5.02 Å². The Morgan fingerprint density at radius 1 is 1.46 bits per heavy atom. The van der Waals surface area contributed by atoms with Crippen LogP contribution in [0.5, 0.6) is 0 Å². The van der Waals surface area contributed by atoms with Gasteiger partial charge >= 0.3 is 0 Å². The number of nitrogens with two attached hydrogens (primary N) is 1. The average Bonchev–Trinajstić information content (AvgIpc) is 2.12. The average molecular weight is 196 g/mol. The summed E-state index contributed by atoms with van der Waals surface area (Å²) in [4.78, 5) is 11.6. The normalized spacial score (nSPS) is 21.4. The van der Waals surface area contributed by atoms with Gasteiger partial charge in [0.15, 0.2) is 5.78 Å². The summed E-state index contributed by atoms with van der Waals surface area (Å²) in [6.45, 7) is 0. The Kier molecular flexibility index (Phi) is 2.10. The molecule has 1 aliphatic rings. The van der Waals surface area contributed by atoms with Gasteiger partial charge in [-0.3, -0.25) is 4.79 Å². The predicted octanol–water partition coefficient (Wildman–Crippen LogP) is 1.80. The van der Waals surface area contributed by atoms with E-state index in [0.29, 0.717) is 17.0 Å². The molecule has 68 valence electrons. The van der Waals surface area contributed by atoms with E-state index in [1.807, 2.05) is 6.07 Å². The van der Waals surface area contributed by atoms with Gasteiger partial charge in [-0.25, -0.2) is 0 Å². The van der Waals surface area contributed by atoms with Crippen LogP contribution in [0.15, 0.2) is 18.2 Å². The molecule has 1 atom stereocenters. The predicted molar refractivity (Wildman–Crippen MR) is 52.1 cm³/mol. The van der Waals surface area contributed by atoms with Crippen molar-refractivity contribution in [3.63, 3.8) is 0 Å². The van der Waals surface area contributed by atoms with E-state index in [1.54, 1.807) is 12.1 Å². The van der Waals surface area contributed by atoms with Crippen LogP contribution in [0.4, 0.5) is 0 Å². The van der Waals surface area contributed by atoms with E-state index in [0.717, 1.165) is 12.0 Å². The van der Waals surface area contributed by atoms with Crippen molar-refractivity contribution in [2.24, 2.45) is 5.73 Å². The fourth-order valence-electron chi connectivity index (χ4n) is 1.67. The zero-order valence-corrected chi connectivity index (χ0v) is 7.84. The molecule has 0 saturated heterocycles. The number of carbonyl (C=O) groups is 1.